The highest BCUT2D eigenvalue weighted by atomic mass is 35.5. The van der Waals surface area contributed by atoms with E-state index < -0.39 is 17.4 Å². The Labute approximate surface area is 138 Å². The lowest BCUT2D eigenvalue weighted by Gasteiger charge is -2.22. The summed E-state index contributed by atoms with van der Waals surface area (Å²) in [7, 11) is 0. The molecule has 6 heteroatoms. The Morgan fingerprint density at radius 2 is 2.35 bits per heavy atom. The molecular formula is C17H16ClNO4. The normalized spacial score (nSPS) is 34.1. The van der Waals surface area contributed by atoms with Crippen molar-refractivity contribution < 1.29 is 19.1 Å². The smallest absolute Gasteiger partial charge is 0.312 e. The third-order valence-electron chi connectivity index (χ3n) is 4.78. The zero-order chi connectivity index (χ0) is 16.2. The minimum atomic E-state index is -0.735. The molecule has 5 nitrogen and oxygen atoms in total. The van der Waals surface area contributed by atoms with Crippen LogP contribution in [0, 0.1) is 11.8 Å². The Kier molecular flexibility index (Phi) is 3.25. The topological polar surface area (TPSA) is 55.8 Å². The number of ether oxygens (including phenoxy) is 2. The summed E-state index contributed by atoms with van der Waals surface area (Å²) in [5, 5.41) is 0.563. The first-order valence-electron chi connectivity index (χ1n) is 7.66. The molecule has 23 heavy (non-hydrogen) atoms. The third-order valence-corrected chi connectivity index (χ3v) is 5.01. The van der Waals surface area contributed by atoms with Crippen LogP contribution in [-0.2, 0) is 19.1 Å². The molecule has 2 fully saturated rings. The van der Waals surface area contributed by atoms with Crippen molar-refractivity contribution in [3.63, 3.8) is 0 Å². The molecule has 1 spiro atoms. The van der Waals surface area contributed by atoms with Crippen molar-refractivity contribution in [3.8, 4) is 0 Å². The molecular weight excluding hydrogens is 318 g/mol. The van der Waals surface area contributed by atoms with Gasteiger partial charge in [0.25, 0.3) is 0 Å². The van der Waals surface area contributed by atoms with Gasteiger partial charge in [-0.15, -0.1) is 0 Å². The first-order chi connectivity index (χ1) is 11.1. The number of carbonyl (C=O) groups excluding carboxylic acids is 2. The van der Waals surface area contributed by atoms with Gasteiger partial charge in [0.2, 0.25) is 5.91 Å². The Morgan fingerprint density at radius 1 is 1.52 bits per heavy atom. The number of anilines is 1. The summed E-state index contributed by atoms with van der Waals surface area (Å²) in [4.78, 5) is 26.9. The number of halogens is 1. The molecule has 2 saturated heterocycles. The third kappa shape index (κ3) is 2.03. The van der Waals surface area contributed by atoms with E-state index in [1.807, 2.05) is 18.2 Å². The van der Waals surface area contributed by atoms with Gasteiger partial charge >= 0.3 is 5.97 Å². The van der Waals surface area contributed by atoms with Crippen LogP contribution >= 0.6 is 11.6 Å². The Morgan fingerprint density at radius 3 is 3.09 bits per heavy atom. The minimum absolute atomic E-state index is 0.114. The van der Waals surface area contributed by atoms with Crippen LogP contribution in [-0.4, -0.2) is 36.7 Å². The van der Waals surface area contributed by atoms with Gasteiger partial charge in [-0.25, -0.2) is 0 Å². The molecule has 4 rings (SSSR count). The summed E-state index contributed by atoms with van der Waals surface area (Å²) in [6, 6.07) is 7.13. The van der Waals surface area contributed by atoms with Gasteiger partial charge < -0.3 is 14.4 Å². The second-order valence-corrected chi connectivity index (χ2v) is 6.49. The van der Waals surface area contributed by atoms with Crippen molar-refractivity contribution >= 4 is 29.2 Å². The lowest BCUT2D eigenvalue weighted by molar-refractivity contribution is -0.151. The molecule has 1 aromatic carbocycles. The van der Waals surface area contributed by atoms with E-state index in [9.17, 15) is 9.59 Å². The van der Waals surface area contributed by atoms with Gasteiger partial charge in [0.1, 0.15) is 11.5 Å². The second kappa shape index (κ2) is 5.08. The monoisotopic (exact) mass is 333 g/mol. The Bertz CT molecular complexity index is 718. The van der Waals surface area contributed by atoms with Crippen LogP contribution in [0.15, 0.2) is 36.4 Å². The fraction of sp³-hybridized carbons (Fsp3) is 0.412. The molecule has 0 N–H and O–H groups in total. The van der Waals surface area contributed by atoms with E-state index in [-0.39, 0.29) is 24.6 Å². The van der Waals surface area contributed by atoms with Crippen molar-refractivity contribution in [2.45, 2.75) is 18.6 Å². The second-order valence-electron chi connectivity index (χ2n) is 6.06. The van der Waals surface area contributed by atoms with Crippen LogP contribution in [0.5, 0.6) is 0 Å². The van der Waals surface area contributed by atoms with E-state index in [4.69, 9.17) is 21.1 Å². The van der Waals surface area contributed by atoms with Crippen LogP contribution in [0.2, 0.25) is 5.02 Å². The molecule has 0 saturated carbocycles. The number of hydrogen-bond acceptors (Lipinski definition) is 4. The van der Waals surface area contributed by atoms with Crippen LogP contribution in [0.4, 0.5) is 5.69 Å². The van der Waals surface area contributed by atoms with Gasteiger partial charge in [-0.1, -0.05) is 29.8 Å². The maximum Gasteiger partial charge on any atom is 0.312 e. The van der Waals surface area contributed by atoms with E-state index in [2.05, 4.69) is 0 Å². The maximum absolute atomic E-state index is 13.0. The number of amides is 1. The van der Waals surface area contributed by atoms with E-state index in [1.165, 1.54) is 0 Å². The number of benzene rings is 1. The highest BCUT2D eigenvalue weighted by molar-refractivity contribution is 6.31. The lowest BCUT2D eigenvalue weighted by Crippen LogP contribution is -2.40. The molecule has 2 bridgehead atoms. The van der Waals surface area contributed by atoms with Crippen molar-refractivity contribution in [2.75, 3.05) is 18.1 Å². The molecule has 120 valence electrons. The molecule has 1 amide bonds. The lowest BCUT2D eigenvalue weighted by atomic mass is 9.77. The van der Waals surface area contributed by atoms with E-state index in [1.54, 1.807) is 30.0 Å². The molecule has 0 aliphatic carbocycles. The standard InChI is InChI=1S/C17H16ClNO4/c1-2-22-16(21)13-12-6-7-17(23-12)9-19(15(20)14(13)17)11-5-3-4-10(18)8-11/h3-8,12-14H,2,9H2,1H3/t12-,13+,14-,17+/m1/s1. The summed E-state index contributed by atoms with van der Waals surface area (Å²) in [5.74, 6) is -1.58. The van der Waals surface area contributed by atoms with Crippen molar-refractivity contribution in [1.29, 1.82) is 0 Å². The quantitative estimate of drug-likeness (QED) is 0.628. The molecule has 3 aliphatic rings. The molecule has 4 atom stereocenters. The molecule has 0 radical (unpaired) electrons. The van der Waals surface area contributed by atoms with Gasteiger partial charge in [0.05, 0.1) is 25.2 Å². The number of fused-ring (bicyclic) bond motifs is 1. The first kappa shape index (κ1) is 14.7. The van der Waals surface area contributed by atoms with Gasteiger partial charge in [0.15, 0.2) is 0 Å². The minimum Gasteiger partial charge on any atom is -0.466 e. The number of hydrogen-bond donors (Lipinski definition) is 0. The molecule has 1 aromatic rings. The zero-order valence-electron chi connectivity index (χ0n) is 12.6. The molecule has 0 aromatic heterocycles. The van der Waals surface area contributed by atoms with Gasteiger partial charge in [-0.3, -0.25) is 9.59 Å². The van der Waals surface area contributed by atoms with Crippen molar-refractivity contribution in [3.05, 3.63) is 41.4 Å². The highest BCUT2D eigenvalue weighted by Crippen LogP contribution is 2.52. The SMILES string of the molecule is CCOC(=O)[C@H]1[C@H]2C=C[C@@]3(CN(c4cccc(Cl)c4)C(=O)[C@@H]13)O2. The van der Waals surface area contributed by atoms with E-state index in [0.29, 0.717) is 17.3 Å². The van der Waals surface area contributed by atoms with E-state index in [0.717, 1.165) is 0 Å². The summed E-state index contributed by atoms with van der Waals surface area (Å²) in [6.07, 6.45) is 3.41. The summed E-state index contributed by atoms with van der Waals surface area (Å²) in [6.45, 7) is 2.43. The summed E-state index contributed by atoms with van der Waals surface area (Å²) < 4.78 is 11.2. The Hall–Kier alpha value is -1.85. The number of rotatable bonds is 3. The number of nitrogens with zero attached hydrogens (tertiary/aromatic N) is 1. The maximum atomic E-state index is 13.0. The fourth-order valence-corrected chi connectivity index (χ4v) is 4.05. The van der Waals surface area contributed by atoms with Gasteiger partial charge in [-0.2, -0.15) is 0 Å². The van der Waals surface area contributed by atoms with E-state index >= 15 is 0 Å². The highest BCUT2D eigenvalue weighted by Gasteiger charge is 2.67. The number of esters is 1. The van der Waals surface area contributed by atoms with Crippen LogP contribution in [0.1, 0.15) is 6.92 Å². The predicted molar refractivity (Wildman–Crippen MR) is 84.2 cm³/mol. The first-order valence-corrected chi connectivity index (χ1v) is 8.04. The fourth-order valence-electron chi connectivity index (χ4n) is 3.87. The van der Waals surface area contributed by atoms with Crippen molar-refractivity contribution in [1.82, 2.24) is 0 Å². The van der Waals surface area contributed by atoms with Gasteiger partial charge in [0, 0.05) is 10.7 Å². The van der Waals surface area contributed by atoms with Crippen LogP contribution < -0.4 is 4.90 Å². The molecule has 0 unspecified atom stereocenters. The zero-order valence-corrected chi connectivity index (χ0v) is 13.3. The van der Waals surface area contributed by atoms with Crippen LogP contribution in [0.3, 0.4) is 0 Å². The molecule has 3 aliphatic heterocycles. The number of carbonyl (C=O) groups is 2. The van der Waals surface area contributed by atoms with Crippen molar-refractivity contribution in [2.24, 2.45) is 11.8 Å². The largest absolute Gasteiger partial charge is 0.466 e. The Balaban J connectivity index is 1.70. The van der Waals surface area contributed by atoms with Crippen LogP contribution in [0.25, 0.3) is 0 Å². The van der Waals surface area contributed by atoms with Gasteiger partial charge in [-0.05, 0) is 25.1 Å². The average Bonchev–Trinajstić information content (AvgIpc) is 3.16. The predicted octanol–water partition coefficient (Wildman–Crippen LogP) is 2.19. The summed E-state index contributed by atoms with van der Waals surface area (Å²) in [5.41, 5.74) is -0.0177. The average molecular weight is 334 g/mol. The summed E-state index contributed by atoms with van der Waals surface area (Å²) >= 11 is 6.03. The molecule has 3 heterocycles.